The lowest BCUT2D eigenvalue weighted by molar-refractivity contribution is -0.142. The highest BCUT2D eigenvalue weighted by molar-refractivity contribution is 5.89. The normalized spacial score (nSPS) is 18.2. The number of anilines is 1. The van der Waals surface area contributed by atoms with E-state index in [-0.39, 0.29) is 11.8 Å². The minimum absolute atomic E-state index is 0.0535. The number of nitrogens with one attached hydrogen (secondary N) is 1. The summed E-state index contributed by atoms with van der Waals surface area (Å²) in [6, 6.07) is 13.1. The first-order chi connectivity index (χ1) is 14.7. The summed E-state index contributed by atoms with van der Waals surface area (Å²) in [5.41, 5.74) is 1.81. The van der Waals surface area contributed by atoms with Crippen molar-refractivity contribution in [1.29, 1.82) is 0 Å². The summed E-state index contributed by atoms with van der Waals surface area (Å²) in [6.45, 7) is 3.15. The summed E-state index contributed by atoms with van der Waals surface area (Å²) < 4.78 is 0. The Bertz CT molecular complexity index is 847. The molecule has 6 nitrogen and oxygen atoms in total. The average Bonchev–Trinajstić information content (AvgIpc) is 2.81. The second-order valence-corrected chi connectivity index (χ2v) is 8.15. The number of aromatic nitrogens is 1. The van der Waals surface area contributed by atoms with Gasteiger partial charge in [0.2, 0.25) is 11.8 Å². The Morgan fingerprint density at radius 2 is 1.73 bits per heavy atom. The quantitative estimate of drug-likeness (QED) is 0.798. The molecule has 1 aromatic heterocycles. The third-order valence-electron chi connectivity index (χ3n) is 5.99. The fraction of sp³-hybridized carbons (Fsp3) is 0.458. The van der Waals surface area contributed by atoms with E-state index in [1.54, 1.807) is 4.90 Å². The molecular weight excluding hydrogens is 376 g/mol. The third kappa shape index (κ3) is 4.81. The lowest BCUT2D eigenvalue weighted by atomic mass is 10.0. The van der Waals surface area contributed by atoms with Crippen molar-refractivity contribution in [3.8, 4) is 0 Å². The van der Waals surface area contributed by atoms with Gasteiger partial charge in [-0.1, -0.05) is 36.4 Å². The summed E-state index contributed by atoms with van der Waals surface area (Å²) in [6.07, 6.45) is 7.91. The molecule has 0 radical (unpaired) electrons. The molecule has 2 aliphatic heterocycles. The van der Waals surface area contributed by atoms with E-state index >= 15 is 0 Å². The number of carbonyl (C=O) groups is 2. The summed E-state index contributed by atoms with van der Waals surface area (Å²) in [7, 11) is 0. The van der Waals surface area contributed by atoms with Crippen LogP contribution in [-0.4, -0.2) is 41.3 Å². The van der Waals surface area contributed by atoms with Crippen LogP contribution in [0.2, 0.25) is 0 Å². The first-order valence-corrected chi connectivity index (χ1v) is 11.0. The van der Waals surface area contributed by atoms with E-state index in [4.69, 9.17) is 0 Å². The fourth-order valence-electron chi connectivity index (χ4n) is 4.33. The second-order valence-electron chi connectivity index (χ2n) is 8.15. The molecule has 1 unspecified atom stereocenters. The molecule has 2 fully saturated rings. The number of pyridine rings is 1. The molecule has 1 aromatic carbocycles. The molecule has 2 amide bonds. The van der Waals surface area contributed by atoms with Gasteiger partial charge in [-0.2, -0.15) is 0 Å². The van der Waals surface area contributed by atoms with E-state index in [2.05, 4.69) is 15.2 Å². The van der Waals surface area contributed by atoms with E-state index in [1.165, 1.54) is 19.3 Å². The van der Waals surface area contributed by atoms with Gasteiger partial charge in [0.1, 0.15) is 11.9 Å². The number of amides is 2. The second kappa shape index (κ2) is 9.74. The summed E-state index contributed by atoms with van der Waals surface area (Å²) in [5.74, 6) is 0.917. The van der Waals surface area contributed by atoms with Crippen LogP contribution >= 0.6 is 0 Å². The molecule has 2 aliphatic rings. The Balaban J connectivity index is 1.43. The Kier molecular flexibility index (Phi) is 6.62. The number of benzene rings is 1. The van der Waals surface area contributed by atoms with Crippen LogP contribution in [-0.2, 0) is 16.1 Å². The molecule has 0 bridgehead atoms. The molecule has 1 atom stereocenters. The SMILES string of the molecule is O=C(NCc1ccc(N2CCCCC2)nc1)C(c1ccccc1)N1CCCCC1=O. The van der Waals surface area contributed by atoms with Gasteiger partial charge in [-0.05, 0) is 49.3 Å². The van der Waals surface area contributed by atoms with Crippen LogP contribution < -0.4 is 10.2 Å². The average molecular weight is 407 g/mol. The highest BCUT2D eigenvalue weighted by Gasteiger charge is 2.32. The highest BCUT2D eigenvalue weighted by atomic mass is 16.2. The van der Waals surface area contributed by atoms with Crippen LogP contribution in [0.1, 0.15) is 55.7 Å². The van der Waals surface area contributed by atoms with Crippen LogP contribution in [0.15, 0.2) is 48.7 Å². The molecule has 3 heterocycles. The Morgan fingerprint density at radius 1 is 0.967 bits per heavy atom. The van der Waals surface area contributed by atoms with E-state index in [0.29, 0.717) is 19.5 Å². The maximum atomic E-state index is 13.1. The molecule has 4 rings (SSSR count). The Labute approximate surface area is 178 Å². The first kappa shape index (κ1) is 20.4. The molecule has 6 heteroatoms. The van der Waals surface area contributed by atoms with Crippen LogP contribution in [0.4, 0.5) is 5.82 Å². The standard InChI is InChI=1S/C24H30N4O2/c29-22-11-5-8-16-28(22)23(20-9-3-1-4-10-20)24(30)26-18-19-12-13-21(25-17-19)27-14-6-2-7-15-27/h1,3-4,9-10,12-13,17,23H,2,5-8,11,14-16,18H2,(H,26,30). The third-order valence-corrected chi connectivity index (χ3v) is 5.99. The van der Waals surface area contributed by atoms with Crippen molar-refractivity contribution in [2.24, 2.45) is 0 Å². The highest BCUT2D eigenvalue weighted by Crippen LogP contribution is 2.26. The molecular formula is C24H30N4O2. The molecule has 0 saturated carbocycles. The van der Waals surface area contributed by atoms with Gasteiger partial charge in [0.05, 0.1) is 0 Å². The van der Waals surface area contributed by atoms with E-state index in [1.807, 2.05) is 48.7 Å². The van der Waals surface area contributed by atoms with Gasteiger partial charge in [0, 0.05) is 38.8 Å². The van der Waals surface area contributed by atoms with Gasteiger partial charge < -0.3 is 15.1 Å². The predicted molar refractivity (Wildman–Crippen MR) is 117 cm³/mol. The van der Waals surface area contributed by atoms with Gasteiger partial charge in [-0.3, -0.25) is 9.59 Å². The zero-order valence-corrected chi connectivity index (χ0v) is 17.4. The maximum Gasteiger partial charge on any atom is 0.247 e. The maximum absolute atomic E-state index is 13.1. The molecule has 0 aliphatic carbocycles. The summed E-state index contributed by atoms with van der Waals surface area (Å²) in [5, 5.41) is 3.03. The van der Waals surface area contributed by atoms with Crippen molar-refractivity contribution >= 4 is 17.6 Å². The predicted octanol–water partition coefficient (Wildman–Crippen LogP) is 3.44. The molecule has 0 spiro atoms. The topological polar surface area (TPSA) is 65.5 Å². The van der Waals surface area contributed by atoms with Gasteiger partial charge >= 0.3 is 0 Å². The van der Waals surface area contributed by atoms with Crippen molar-refractivity contribution in [3.63, 3.8) is 0 Å². The van der Waals surface area contributed by atoms with Crippen molar-refractivity contribution in [3.05, 3.63) is 59.8 Å². The summed E-state index contributed by atoms with van der Waals surface area (Å²) in [4.78, 5) is 34.3. The van der Waals surface area contributed by atoms with Gasteiger partial charge in [-0.25, -0.2) is 4.98 Å². The molecule has 30 heavy (non-hydrogen) atoms. The van der Waals surface area contributed by atoms with Crippen LogP contribution in [0, 0.1) is 0 Å². The van der Waals surface area contributed by atoms with Crippen molar-refractivity contribution in [2.45, 2.75) is 51.1 Å². The minimum atomic E-state index is -0.584. The van der Waals surface area contributed by atoms with Crippen molar-refractivity contribution < 1.29 is 9.59 Å². The van der Waals surface area contributed by atoms with Crippen LogP contribution in [0.5, 0.6) is 0 Å². The number of hydrogen-bond donors (Lipinski definition) is 1. The Morgan fingerprint density at radius 3 is 2.43 bits per heavy atom. The van der Waals surface area contributed by atoms with Gasteiger partial charge in [-0.15, -0.1) is 0 Å². The molecule has 158 valence electrons. The summed E-state index contributed by atoms with van der Waals surface area (Å²) >= 11 is 0. The lowest BCUT2D eigenvalue weighted by Crippen LogP contribution is -2.45. The lowest BCUT2D eigenvalue weighted by Gasteiger charge is -2.34. The largest absolute Gasteiger partial charge is 0.357 e. The smallest absolute Gasteiger partial charge is 0.247 e. The molecule has 1 N–H and O–H groups in total. The zero-order valence-electron chi connectivity index (χ0n) is 17.4. The first-order valence-electron chi connectivity index (χ1n) is 11.0. The van der Waals surface area contributed by atoms with Crippen LogP contribution in [0.3, 0.4) is 0 Å². The Hall–Kier alpha value is -2.89. The number of nitrogens with zero attached hydrogens (tertiary/aromatic N) is 3. The van der Waals surface area contributed by atoms with Crippen molar-refractivity contribution in [2.75, 3.05) is 24.5 Å². The fourth-order valence-corrected chi connectivity index (χ4v) is 4.33. The zero-order chi connectivity index (χ0) is 20.8. The van der Waals surface area contributed by atoms with E-state index < -0.39 is 6.04 Å². The number of rotatable bonds is 6. The number of piperidine rings is 2. The molecule has 2 saturated heterocycles. The van der Waals surface area contributed by atoms with Crippen molar-refractivity contribution in [1.82, 2.24) is 15.2 Å². The van der Waals surface area contributed by atoms with Crippen LogP contribution in [0.25, 0.3) is 0 Å². The number of hydrogen-bond acceptors (Lipinski definition) is 4. The molecule has 2 aromatic rings. The van der Waals surface area contributed by atoms with Gasteiger partial charge in [0.25, 0.3) is 0 Å². The minimum Gasteiger partial charge on any atom is -0.357 e. The number of carbonyl (C=O) groups excluding carboxylic acids is 2. The van der Waals surface area contributed by atoms with E-state index in [0.717, 1.165) is 42.9 Å². The monoisotopic (exact) mass is 406 g/mol. The van der Waals surface area contributed by atoms with E-state index in [9.17, 15) is 9.59 Å². The number of likely N-dealkylation sites (tertiary alicyclic amines) is 1. The van der Waals surface area contributed by atoms with Gasteiger partial charge in [0.15, 0.2) is 0 Å².